The van der Waals surface area contributed by atoms with E-state index in [4.69, 9.17) is 26.9 Å². The summed E-state index contributed by atoms with van der Waals surface area (Å²) < 4.78 is 11.3. The first kappa shape index (κ1) is 14.2. The Hall–Kier alpha value is -1.75. The molecule has 4 nitrogen and oxygen atoms in total. The number of benzene rings is 2. The second-order valence-corrected chi connectivity index (χ2v) is 5.41. The van der Waals surface area contributed by atoms with Gasteiger partial charge in [-0.2, -0.15) is 0 Å². The van der Waals surface area contributed by atoms with Gasteiger partial charge in [0.15, 0.2) is 0 Å². The summed E-state index contributed by atoms with van der Waals surface area (Å²) in [5.74, 6) is 7.29. The summed E-state index contributed by atoms with van der Waals surface area (Å²) >= 11 is 6.07. The largest absolute Gasteiger partial charge is 0.495 e. The molecular formula is C16H17ClN2O2. The summed E-state index contributed by atoms with van der Waals surface area (Å²) in [6.45, 7) is 0. The van der Waals surface area contributed by atoms with Gasteiger partial charge in [-0.15, -0.1) is 0 Å². The van der Waals surface area contributed by atoms with E-state index in [1.165, 1.54) is 5.56 Å². The lowest BCUT2D eigenvalue weighted by Gasteiger charge is -2.23. The summed E-state index contributed by atoms with van der Waals surface area (Å²) in [7, 11) is 1.60. The van der Waals surface area contributed by atoms with E-state index in [1.807, 2.05) is 36.4 Å². The Morgan fingerprint density at radius 1 is 1.33 bits per heavy atom. The summed E-state index contributed by atoms with van der Waals surface area (Å²) in [6.07, 6.45) is 0.758. The highest BCUT2D eigenvalue weighted by molar-refractivity contribution is 6.32. The van der Waals surface area contributed by atoms with Crippen LogP contribution in [0.25, 0.3) is 0 Å². The van der Waals surface area contributed by atoms with Gasteiger partial charge in [-0.3, -0.25) is 5.84 Å². The minimum Gasteiger partial charge on any atom is -0.495 e. The highest BCUT2D eigenvalue weighted by Crippen LogP contribution is 2.35. The van der Waals surface area contributed by atoms with Crippen molar-refractivity contribution >= 4 is 11.6 Å². The topological polar surface area (TPSA) is 56.5 Å². The quantitative estimate of drug-likeness (QED) is 0.673. The van der Waals surface area contributed by atoms with Crippen molar-refractivity contribution in [1.29, 1.82) is 0 Å². The first-order chi connectivity index (χ1) is 10.2. The zero-order chi connectivity index (χ0) is 14.8. The van der Waals surface area contributed by atoms with E-state index in [9.17, 15) is 0 Å². The maximum absolute atomic E-state index is 6.07. The highest BCUT2D eigenvalue weighted by Gasteiger charge is 2.31. The van der Waals surface area contributed by atoms with Crippen LogP contribution in [-0.2, 0) is 6.42 Å². The van der Waals surface area contributed by atoms with Crippen molar-refractivity contribution in [3.63, 3.8) is 0 Å². The van der Waals surface area contributed by atoms with Gasteiger partial charge in [0.2, 0.25) is 0 Å². The Bertz CT molecular complexity index is 623. The first-order valence-corrected chi connectivity index (χ1v) is 7.15. The van der Waals surface area contributed by atoms with E-state index in [-0.39, 0.29) is 12.1 Å². The SMILES string of the molecule is COc1cc(C(NN)C2Cc3ccccc3O2)ccc1Cl. The van der Waals surface area contributed by atoms with Crippen molar-refractivity contribution in [3.05, 3.63) is 58.6 Å². The second kappa shape index (κ2) is 5.93. The molecular weight excluding hydrogens is 288 g/mol. The van der Waals surface area contributed by atoms with Crippen LogP contribution in [0.15, 0.2) is 42.5 Å². The zero-order valence-corrected chi connectivity index (χ0v) is 12.4. The normalized spacial score (nSPS) is 18.0. The molecule has 21 heavy (non-hydrogen) atoms. The molecule has 0 fully saturated rings. The smallest absolute Gasteiger partial charge is 0.137 e. The molecule has 0 spiro atoms. The minimum absolute atomic E-state index is 0.0571. The molecule has 110 valence electrons. The number of methoxy groups -OCH3 is 1. The maximum atomic E-state index is 6.07. The molecule has 1 heterocycles. The second-order valence-electron chi connectivity index (χ2n) is 5.01. The Labute approximate surface area is 128 Å². The van der Waals surface area contributed by atoms with Crippen LogP contribution in [0.2, 0.25) is 5.02 Å². The van der Waals surface area contributed by atoms with E-state index in [1.54, 1.807) is 7.11 Å². The molecule has 0 bridgehead atoms. The molecule has 0 amide bonds. The van der Waals surface area contributed by atoms with E-state index in [0.29, 0.717) is 10.8 Å². The van der Waals surface area contributed by atoms with Crippen LogP contribution >= 0.6 is 11.6 Å². The van der Waals surface area contributed by atoms with E-state index in [2.05, 4.69) is 11.5 Å². The summed E-state index contributed by atoms with van der Waals surface area (Å²) in [5, 5.41) is 0.577. The average Bonchev–Trinajstić information content (AvgIpc) is 2.93. The van der Waals surface area contributed by atoms with Crippen molar-refractivity contribution in [2.24, 2.45) is 5.84 Å². The maximum Gasteiger partial charge on any atom is 0.137 e. The fourth-order valence-corrected chi connectivity index (χ4v) is 2.88. The van der Waals surface area contributed by atoms with Crippen LogP contribution < -0.4 is 20.7 Å². The number of nitrogens with two attached hydrogens (primary N) is 1. The van der Waals surface area contributed by atoms with Crippen molar-refractivity contribution in [2.45, 2.75) is 18.6 Å². The molecule has 0 saturated carbocycles. The van der Waals surface area contributed by atoms with Crippen molar-refractivity contribution in [2.75, 3.05) is 7.11 Å². The number of fused-ring (bicyclic) bond motifs is 1. The third kappa shape index (κ3) is 2.70. The molecule has 0 aliphatic carbocycles. The van der Waals surface area contributed by atoms with Gasteiger partial charge >= 0.3 is 0 Å². The number of ether oxygens (including phenoxy) is 2. The third-order valence-corrected chi connectivity index (χ3v) is 4.07. The Morgan fingerprint density at radius 3 is 2.86 bits per heavy atom. The predicted molar refractivity (Wildman–Crippen MR) is 82.6 cm³/mol. The van der Waals surface area contributed by atoms with E-state index < -0.39 is 0 Å². The van der Waals surface area contributed by atoms with Crippen molar-refractivity contribution in [1.82, 2.24) is 5.43 Å². The van der Waals surface area contributed by atoms with Gasteiger partial charge in [0.1, 0.15) is 17.6 Å². The van der Waals surface area contributed by atoms with Gasteiger partial charge in [-0.05, 0) is 29.3 Å². The first-order valence-electron chi connectivity index (χ1n) is 6.77. The third-order valence-electron chi connectivity index (χ3n) is 3.76. The molecule has 0 saturated heterocycles. The lowest BCUT2D eigenvalue weighted by Crippen LogP contribution is -2.38. The van der Waals surface area contributed by atoms with E-state index in [0.717, 1.165) is 17.7 Å². The Balaban J connectivity index is 1.87. The van der Waals surface area contributed by atoms with Gasteiger partial charge in [-0.1, -0.05) is 35.9 Å². The van der Waals surface area contributed by atoms with Crippen molar-refractivity contribution < 1.29 is 9.47 Å². The predicted octanol–water partition coefficient (Wildman–Crippen LogP) is 2.86. The number of halogens is 1. The van der Waals surface area contributed by atoms with Gasteiger partial charge in [0, 0.05) is 6.42 Å². The van der Waals surface area contributed by atoms with Crippen LogP contribution in [0.5, 0.6) is 11.5 Å². The van der Waals surface area contributed by atoms with Gasteiger partial charge in [-0.25, -0.2) is 5.43 Å². The number of rotatable bonds is 4. The summed E-state index contributed by atoms with van der Waals surface area (Å²) in [4.78, 5) is 0. The number of nitrogens with one attached hydrogen (secondary N) is 1. The molecule has 2 unspecified atom stereocenters. The number of hydrogen-bond acceptors (Lipinski definition) is 4. The number of hydrazine groups is 1. The highest BCUT2D eigenvalue weighted by atomic mass is 35.5. The molecule has 3 rings (SSSR count). The Morgan fingerprint density at radius 2 is 2.14 bits per heavy atom. The summed E-state index contributed by atoms with van der Waals surface area (Å²) in [5.41, 5.74) is 5.02. The molecule has 2 aromatic carbocycles. The van der Waals surface area contributed by atoms with Crippen LogP contribution in [0.1, 0.15) is 17.2 Å². The van der Waals surface area contributed by atoms with Crippen LogP contribution in [0, 0.1) is 0 Å². The zero-order valence-electron chi connectivity index (χ0n) is 11.7. The summed E-state index contributed by atoms with van der Waals surface area (Å²) in [6, 6.07) is 13.5. The lowest BCUT2D eigenvalue weighted by atomic mass is 9.98. The van der Waals surface area contributed by atoms with Crippen LogP contribution in [0.3, 0.4) is 0 Å². The molecule has 0 aromatic heterocycles. The van der Waals surface area contributed by atoms with Crippen molar-refractivity contribution in [3.8, 4) is 11.5 Å². The number of para-hydroxylation sites is 1. The van der Waals surface area contributed by atoms with Crippen LogP contribution in [-0.4, -0.2) is 13.2 Å². The molecule has 5 heteroatoms. The molecule has 2 atom stereocenters. The van der Waals surface area contributed by atoms with Gasteiger partial charge in [0.05, 0.1) is 18.2 Å². The average molecular weight is 305 g/mol. The molecule has 2 aromatic rings. The van der Waals surface area contributed by atoms with Gasteiger partial charge < -0.3 is 9.47 Å². The molecule has 1 aliphatic heterocycles. The number of hydrogen-bond donors (Lipinski definition) is 2. The molecule has 3 N–H and O–H groups in total. The minimum atomic E-state index is -0.136. The molecule has 1 aliphatic rings. The van der Waals surface area contributed by atoms with Gasteiger partial charge in [0.25, 0.3) is 0 Å². The lowest BCUT2D eigenvalue weighted by molar-refractivity contribution is 0.179. The fraction of sp³-hybridized carbons (Fsp3) is 0.250. The van der Waals surface area contributed by atoms with E-state index >= 15 is 0 Å². The standard InChI is InChI=1S/C16H17ClN2O2/c1-20-14-9-11(6-7-12(14)17)16(19-18)15-8-10-4-2-3-5-13(10)21-15/h2-7,9,15-16,19H,8,18H2,1H3. The van der Waals surface area contributed by atoms with Crippen LogP contribution in [0.4, 0.5) is 0 Å². The Kier molecular flexibility index (Phi) is 4.01. The fourth-order valence-electron chi connectivity index (χ4n) is 2.68. The molecule has 0 radical (unpaired) electrons. The monoisotopic (exact) mass is 304 g/mol.